The highest BCUT2D eigenvalue weighted by Crippen LogP contribution is 2.43. The van der Waals surface area contributed by atoms with Crippen molar-refractivity contribution in [3.05, 3.63) is 59.5 Å². The molecule has 0 unspecified atom stereocenters. The van der Waals surface area contributed by atoms with E-state index in [9.17, 15) is 39.2 Å². The van der Waals surface area contributed by atoms with E-state index in [1.165, 1.54) is 29.0 Å². The molecule has 0 saturated heterocycles. The summed E-state index contributed by atoms with van der Waals surface area (Å²) in [6, 6.07) is 3.15. The molecule has 0 radical (unpaired) electrons. The van der Waals surface area contributed by atoms with Crippen LogP contribution in [0.3, 0.4) is 0 Å². The quantitative estimate of drug-likeness (QED) is 0.330. The van der Waals surface area contributed by atoms with Crippen molar-refractivity contribution in [2.24, 2.45) is 5.41 Å². The molecule has 1 aliphatic carbocycles. The lowest BCUT2D eigenvalue weighted by Gasteiger charge is -2.22. The van der Waals surface area contributed by atoms with Crippen molar-refractivity contribution in [1.29, 1.82) is 0 Å². The zero-order valence-electron chi connectivity index (χ0n) is 20.1. The molecule has 37 heavy (non-hydrogen) atoms. The Labute approximate surface area is 209 Å². The predicted molar refractivity (Wildman–Crippen MR) is 126 cm³/mol. The summed E-state index contributed by atoms with van der Waals surface area (Å²) in [7, 11) is -4.24. The third kappa shape index (κ3) is 5.95. The Morgan fingerprint density at radius 2 is 1.65 bits per heavy atom. The first kappa shape index (κ1) is 27.4. The van der Waals surface area contributed by atoms with Gasteiger partial charge in [-0.05, 0) is 53.6 Å². The topological polar surface area (TPSA) is 51.1 Å². The van der Waals surface area contributed by atoms with Crippen LogP contribution in [-0.4, -0.2) is 24.4 Å². The number of halogens is 7. The zero-order chi connectivity index (χ0) is 27.6. The number of nitrogens with zero attached hydrogens (tertiary/aromatic N) is 1. The molecule has 0 bridgehead atoms. The molecule has 1 heterocycles. The number of alkyl halides is 6. The summed E-state index contributed by atoms with van der Waals surface area (Å²) in [5.41, 5.74) is -2.23. The Hall–Kier alpha value is -2.60. The van der Waals surface area contributed by atoms with Crippen LogP contribution in [0.5, 0.6) is 0 Å². The van der Waals surface area contributed by atoms with E-state index in [0.717, 1.165) is 6.07 Å². The first-order valence-corrected chi connectivity index (χ1v) is 13.0. The molecule has 4 rings (SSSR count). The van der Waals surface area contributed by atoms with E-state index >= 15 is 0 Å². The van der Waals surface area contributed by atoms with Gasteiger partial charge in [-0.15, -0.1) is 0 Å². The van der Waals surface area contributed by atoms with E-state index < -0.39 is 56.0 Å². The molecular weight excluding hydrogens is 525 g/mol. The number of rotatable bonds is 6. The Kier molecular flexibility index (Phi) is 6.68. The summed E-state index contributed by atoms with van der Waals surface area (Å²) in [5, 5.41) is -0.862. The third-order valence-electron chi connectivity index (χ3n) is 6.04. The standard InChI is InChI=1S/C25H25F7N2O2S/c1-23(2,3)13-34-12-19(22(25(30,31)32)33-37(35,36)16-6-7-16)17-8-4-14(10-21(17)34)18-11-15(26)5-9-20(18)24(27,28)29/h4-5,8-12,16,22,33H,6-7,13H2,1-3H3/t22-/m0/s1. The number of hydrogen-bond donors (Lipinski definition) is 1. The molecule has 0 spiro atoms. The van der Waals surface area contributed by atoms with Gasteiger partial charge < -0.3 is 4.57 Å². The lowest BCUT2D eigenvalue weighted by molar-refractivity contribution is -0.152. The van der Waals surface area contributed by atoms with Crippen LogP contribution in [-0.2, 0) is 22.7 Å². The maximum Gasteiger partial charge on any atom is 0.417 e. The number of fused-ring (bicyclic) bond motifs is 1. The monoisotopic (exact) mass is 550 g/mol. The van der Waals surface area contributed by atoms with Crippen LogP contribution in [0.1, 0.15) is 50.8 Å². The van der Waals surface area contributed by atoms with E-state index in [1.54, 1.807) is 4.72 Å². The minimum Gasteiger partial charge on any atom is -0.347 e. The molecule has 202 valence electrons. The maximum atomic E-state index is 14.2. The van der Waals surface area contributed by atoms with Crippen LogP contribution in [0.2, 0.25) is 0 Å². The van der Waals surface area contributed by atoms with Gasteiger partial charge in [0.05, 0.1) is 10.8 Å². The molecule has 4 nitrogen and oxygen atoms in total. The van der Waals surface area contributed by atoms with Crippen molar-refractivity contribution in [2.75, 3.05) is 0 Å². The van der Waals surface area contributed by atoms with E-state index in [0.29, 0.717) is 12.1 Å². The summed E-state index contributed by atoms with van der Waals surface area (Å²) in [6.07, 6.45) is -8.05. The van der Waals surface area contributed by atoms with Gasteiger partial charge in [0.2, 0.25) is 10.0 Å². The minimum atomic E-state index is -4.98. The van der Waals surface area contributed by atoms with Crippen LogP contribution in [0, 0.1) is 11.2 Å². The van der Waals surface area contributed by atoms with Gasteiger partial charge in [-0.25, -0.2) is 12.8 Å². The third-order valence-corrected chi connectivity index (χ3v) is 7.95. The van der Waals surface area contributed by atoms with Gasteiger partial charge in [0, 0.05) is 29.2 Å². The minimum absolute atomic E-state index is 0.0267. The molecule has 3 aromatic rings. The van der Waals surface area contributed by atoms with Crippen LogP contribution in [0.4, 0.5) is 30.7 Å². The van der Waals surface area contributed by atoms with Gasteiger partial charge >= 0.3 is 12.4 Å². The second-order valence-corrected chi connectivity index (χ2v) is 12.5. The number of nitrogens with one attached hydrogen (secondary N) is 1. The van der Waals surface area contributed by atoms with Gasteiger partial charge in [0.1, 0.15) is 11.9 Å². The van der Waals surface area contributed by atoms with Crippen molar-refractivity contribution in [2.45, 2.75) is 63.8 Å². The van der Waals surface area contributed by atoms with E-state index in [1.807, 2.05) is 20.8 Å². The molecular formula is C25H25F7N2O2S. The van der Waals surface area contributed by atoms with E-state index in [4.69, 9.17) is 0 Å². The van der Waals surface area contributed by atoms with E-state index in [2.05, 4.69) is 0 Å². The molecule has 12 heteroatoms. The first-order chi connectivity index (χ1) is 16.9. The number of hydrogen-bond acceptors (Lipinski definition) is 2. The summed E-state index contributed by atoms with van der Waals surface area (Å²) >= 11 is 0. The molecule has 1 atom stereocenters. The molecule has 1 aliphatic rings. The van der Waals surface area contributed by atoms with Crippen molar-refractivity contribution in [1.82, 2.24) is 9.29 Å². The Morgan fingerprint density at radius 3 is 2.19 bits per heavy atom. The van der Waals surface area contributed by atoms with Crippen LogP contribution < -0.4 is 4.72 Å². The fraction of sp³-hybridized carbons (Fsp3) is 0.440. The van der Waals surface area contributed by atoms with Crippen LogP contribution >= 0.6 is 0 Å². The van der Waals surface area contributed by atoms with Crippen LogP contribution in [0.25, 0.3) is 22.0 Å². The van der Waals surface area contributed by atoms with Gasteiger partial charge in [0.25, 0.3) is 0 Å². The number of benzene rings is 2. The maximum absolute atomic E-state index is 14.2. The Bertz CT molecular complexity index is 1430. The lowest BCUT2D eigenvalue weighted by Crippen LogP contribution is -2.39. The van der Waals surface area contributed by atoms with Crippen LogP contribution in [0.15, 0.2) is 42.6 Å². The molecule has 1 aromatic heterocycles. The van der Waals surface area contributed by atoms with Crippen molar-refractivity contribution in [3.8, 4) is 11.1 Å². The second kappa shape index (κ2) is 9.00. The molecule has 1 saturated carbocycles. The predicted octanol–water partition coefficient (Wildman–Crippen LogP) is 7.20. The first-order valence-electron chi connectivity index (χ1n) is 11.4. The molecule has 0 aliphatic heterocycles. The summed E-state index contributed by atoms with van der Waals surface area (Å²) in [5.74, 6) is -0.902. The average Bonchev–Trinajstić information content (AvgIpc) is 3.54. The van der Waals surface area contributed by atoms with E-state index in [-0.39, 0.29) is 41.4 Å². The molecule has 1 N–H and O–H groups in total. The second-order valence-electron chi connectivity index (χ2n) is 10.5. The van der Waals surface area contributed by atoms with Crippen molar-refractivity contribution < 1.29 is 39.2 Å². The van der Waals surface area contributed by atoms with Crippen molar-refractivity contribution in [3.63, 3.8) is 0 Å². The Morgan fingerprint density at radius 1 is 1.00 bits per heavy atom. The van der Waals surface area contributed by atoms with Gasteiger partial charge in [-0.2, -0.15) is 31.1 Å². The lowest BCUT2D eigenvalue weighted by atomic mass is 9.96. The van der Waals surface area contributed by atoms with Gasteiger partial charge in [-0.1, -0.05) is 32.9 Å². The number of sulfonamides is 1. The normalized spacial score (nSPS) is 16.4. The highest BCUT2D eigenvalue weighted by molar-refractivity contribution is 7.90. The molecule has 0 amide bonds. The molecule has 2 aromatic carbocycles. The van der Waals surface area contributed by atoms with Gasteiger partial charge in [0.15, 0.2) is 0 Å². The average molecular weight is 551 g/mol. The fourth-order valence-electron chi connectivity index (χ4n) is 4.31. The summed E-state index contributed by atoms with van der Waals surface area (Å²) in [4.78, 5) is 0. The highest BCUT2D eigenvalue weighted by atomic mass is 32.2. The van der Waals surface area contributed by atoms with Crippen molar-refractivity contribution >= 4 is 20.9 Å². The highest BCUT2D eigenvalue weighted by Gasteiger charge is 2.48. The Balaban J connectivity index is 1.93. The van der Waals surface area contributed by atoms with Gasteiger partial charge in [-0.3, -0.25) is 0 Å². The largest absolute Gasteiger partial charge is 0.417 e. The smallest absolute Gasteiger partial charge is 0.347 e. The SMILES string of the molecule is CC(C)(C)Cn1cc([C@H](NS(=O)(=O)C2CC2)C(F)(F)F)c2ccc(-c3cc(F)ccc3C(F)(F)F)cc21. The summed E-state index contributed by atoms with van der Waals surface area (Å²) < 4.78 is 125. The zero-order valence-corrected chi connectivity index (χ0v) is 21.0. The number of aromatic nitrogens is 1. The fourth-order valence-corrected chi connectivity index (χ4v) is 5.85. The summed E-state index contributed by atoms with van der Waals surface area (Å²) in [6.45, 7) is 5.66. The molecule has 1 fully saturated rings.